The third-order valence-corrected chi connectivity index (χ3v) is 5.02. The van der Waals surface area contributed by atoms with Gasteiger partial charge in [0.1, 0.15) is 0 Å². The van der Waals surface area contributed by atoms with Crippen LogP contribution in [0.4, 0.5) is 16.2 Å². The van der Waals surface area contributed by atoms with E-state index < -0.39 is 0 Å². The number of carbonyl (C=O) groups excluding carboxylic acids is 2. The quantitative estimate of drug-likeness (QED) is 0.570. The molecule has 0 spiro atoms. The molecule has 2 aromatic rings. The average molecular weight is 417 g/mol. The van der Waals surface area contributed by atoms with Crippen molar-refractivity contribution in [2.75, 3.05) is 30.3 Å². The fraction of sp³-hybridized carbons (Fsp3) is 0.364. The van der Waals surface area contributed by atoms with Gasteiger partial charge in [-0.2, -0.15) is 0 Å². The second-order valence-electron chi connectivity index (χ2n) is 7.23. The molecule has 7 heteroatoms. The normalized spacial score (nSPS) is 15.7. The van der Waals surface area contributed by atoms with E-state index in [9.17, 15) is 9.59 Å². The second-order valence-corrected chi connectivity index (χ2v) is 7.23. The number of urea groups is 1. The molecule has 0 aromatic heterocycles. The van der Waals surface area contributed by atoms with Crippen molar-refractivity contribution in [2.45, 2.75) is 26.2 Å². The predicted octanol–water partition coefficient (Wildman–Crippen LogP) is 4.18. The van der Waals surface area contributed by atoms with E-state index in [0.717, 1.165) is 25.1 Å². The maximum absolute atomic E-state index is 12.5. The molecule has 0 radical (unpaired) electrons. The zero-order valence-corrected chi connectivity index (χ0v) is 17.5. The molecule has 1 aliphatic heterocycles. The first-order valence-corrected chi connectivity index (χ1v) is 9.84. The fourth-order valence-electron chi connectivity index (χ4n) is 3.37. The van der Waals surface area contributed by atoms with Gasteiger partial charge in [0.25, 0.3) is 5.91 Å². The molecular formula is C22H29ClN4O2. The zero-order chi connectivity index (χ0) is 19.8. The van der Waals surface area contributed by atoms with Crippen molar-refractivity contribution in [1.29, 1.82) is 0 Å². The van der Waals surface area contributed by atoms with Gasteiger partial charge in [0, 0.05) is 23.5 Å². The lowest BCUT2D eigenvalue weighted by Gasteiger charge is -2.22. The molecule has 156 valence electrons. The number of amides is 3. The SMILES string of the molecule is Cc1ccc(C(=O)NCCC2CCCNC2)cc1NC(=O)Nc1ccccc1.Cl. The van der Waals surface area contributed by atoms with Gasteiger partial charge in [-0.1, -0.05) is 24.3 Å². The summed E-state index contributed by atoms with van der Waals surface area (Å²) in [7, 11) is 0. The van der Waals surface area contributed by atoms with Crippen LogP contribution in [0.2, 0.25) is 0 Å². The Hall–Kier alpha value is -2.57. The van der Waals surface area contributed by atoms with Gasteiger partial charge in [0.15, 0.2) is 0 Å². The highest BCUT2D eigenvalue weighted by atomic mass is 35.5. The maximum atomic E-state index is 12.5. The Morgan fingerprint density at radius 2 is 1.90 bits per heavy atom. The molecule has 1 saturated heterocycles. The topological polar surface area (TPSA) is 82.3 Å². The lowest BCUT2D eigenvalue weighted by Crippen LogP contribution is -2.33. The number of carbonyl (C=O) groups is 2. The predicted molar refractivity (Wildman–Crippen MR) is 120 cm³/mol. The minimum Gasteiger partial charge on any atom is -0.352 e. The lowest BCUT2D eigenvalue weighted by molar-refractivity contribution is 0.0950. The molecule has 0 bridgehead atoms. The monoisotopic (exact) mass is 416 g/mol. The summed E-state index contributed by atoms with van der Waals surface area (Å²) in [6.45, 7) is 4.69. The van der Waals surface area contributed by atoms with E-state index in [1.54, 1.807) is 12.1 Å². The molecular weight excluding hydrogens is 388 g/mol. The van der Waals surface area contributed by atoms with E-state index in [-0.39, 0.29) is 24.3 Å². The van der Waals surface area contributed by atoms with Crippen LogP contribution in [0.1, 0.15) is 35.2 Å². The molecule has 1 atom stereocenters. The highest BCUT2D eigenvalue weighted by Crippen LogP contribution is 2.18. The summed E-state index contributed by atoms with van der Waals surface area (Å²) in [5.74, 6) is 0.515. The van der Waals surface area contributed by atoms with Crippen LogP contribution in [0.5, 0.6) is 0 Å². The average Bonchev–Trinajstić information content (AvgIpc) is 2.71. The third-order valence-electron chi connectivity index (χ3n) is 5.02. The van der Waals surface area contributed by atoms with Crippen molar-refractivity contribution in [3.63, 3.8) is 0 Å². The van der Waals surface area contributed by atoms with E-state index in [1.165, 1.54) is 12.8 Å². The zero-order valence-electron chi connectivity index (χ0n) is 16.7. The van der Waals surface area contributed by atoms with Crippen molar-refractivity contribution in [1.82, 2.24) is 10.6 Å². The van der Waals surface area contributed by atoms with Crippen LogP contribution in [0.3, 0.4) is 0 Å². The van der Waals surface area contributed by atoms with Gasteiger partial charge >= 0.3 is 6.03 Å². The summed E-state index contributed by atoms with van der Waals surface area (Å²) >= 11 is 0. The third kappa shape index (κ3) is 7.07. The second kappa shape index (κ2) is 11.4. The van der Waals surface area contributed by atoms with E-state index in [0.29, 0.717) is 29.4 Å². The molecule has 3 amide bonds. The number of aryl methyl sites for hydroxylation is 1. The van der Waals surface area contributed by atoms with Gasteiger partial charge in [-0.25, -0.2) is 4.79 Å². The summed E-state index contributed by atoms with van der Waals surface area (Å²) < 4.78 is 0. The van der Waals surface area contributed by atoms with Crippen molar-refractivity contribution in [3.05, 3.63) is 59.7 Å². The number of rotatable bonds is 6. The van der Waals surface area contributed by atoms with Crippen LogP contribution in [-0.4, -0.2) is 31.6 Å². The molecule has 1 fully saturated rings. The molecule has 6 nitrogen and oxygen atoms in total. The number of nitrogens with one attached hydrogen (secondary N) is 4. The lowest BCUT2D eigenvalue weighted by atomic mass is 9.96. The van der Waals surface area contributed by atoms with Gasteiger partial charge in [-0.05, 0) is 75.0 Å². The summed E-state index contributed by atoms with van der Waals surface area (Å²) in [6.07, 6.45) is 3.41. The van der Waals surface area contributed by atoms with Gasteiger partial charge in [0.2, 0.25) is 0 Å². The molecule has 1 unspecified atom stereocenters. The molecule has 2 aromatic carbocycles. The van der Waals surface area contributed by atoms with Gasteiger partial charge in [-0.15, -0.1) is 12.4 Å². The fourth-order valence-corrected chi connectivity index (χ4v) is 3.37. The standard InChI is InChI=1S/C22H28N4O2.ClH/c1-16-9-10-18(21(27)24-13-11-17-6-5-12-23-15-17)14-20(16)26-22(28)25-19-7-3-2-4-8-19;/h2-4,7-10,14,17,23H,5-6,11-13,15H2,1H3,(H,24,27)(H2,25,26,28);1H. The molecule has 1 aliphatic rings. The van der Waals surface area contributed by atoms with Crippen molar-refractivity contribution in [2.24, 2.45) is 5.92 Å². The maximum Gasteiger partial charge on any atom is 0.323 e. The number of hydrogen-bond acceptors (Lipinski definition) is 3. The Morgan fingerprint density at radius 1 is 1.10 bits per heavy atom. The van der Waals surface area contributed by atoms with Crippen LogP contribution in [0.15, 0.2) is 48.5 Å². The first-order valence-electron chi connectivity index (χ1n) is 9.84. The molecule has 4 N–H and O–H groups in total. The smallest absolute Gasteiger partial charge is 0.323 e. The molecule has 0 saturated carbocycles. The van der Waals surface area contributed by atoms with Gasteiger partial charge in [0.05, 0.1) is 0 Å². The largest absolute Gasteiger partial charge is 0.352 e. The number of piperidine rings is 1. The highest BCUT2D eigenvalue weighted by Gasteiger charge is 2.14. The number of para-hydroxylation sites is 1. The van der Waals surface area contributed by atoms with Crippen LogP contribution < -0.4 is 21.3 Å². The van der Waals surface area contributed by atoms with Crippen LogP contribution >= 0.6 is 12.4 Å². The number of halogens is 1. The summed E-state index contributed by atoms with van der Waals surface area (Å²) in [5, 5.41) is 12.0. The molecule has 1 heterocycles. The molecule has 0 aliphatic carbocycles. The van der Waals surface area contributed by atoms with Crippen LogP contribution in [0, 0.1) is 12.8 Å². The Labute approximate surface area is 178 Å². The molecule has 3 rings (SSSR count). The Balaban J connectivity index is 0.00000300. The minimum atomic E-state index is -0.336. The van der Waals surface area contributed by atoms with Crippen molar-refractivity contribution >= 4 is 35.7 Å². The van der Waals surface area contributed by atoms with Crippen LogP contribution in [-0.2, 0) is 0 Å². The van der Waals surface area contributed by atoms with Crippen molar-refractivity contribution < 1.29 is 9.59 Å². The van der Waals surface area contributed by atoms with E-state index in [1.807, 2.05) is 43.3 Å². The minimum absolute atomic E-state index is 0. The van der Waals surface area contributed by atoms with Gasteiger partial charge < -0.3 is 21.3 Å². The Morgan fingerprint density at radius 3 is 2.62 bits per heavy atom. The van der Waals surface area contributed by atoms with E-state index in [2.05, 4.69) is 21.3 Å². The van der Waals surface area contributed by atoms with E-state index >= 15 is 0 Å². The first kappa shape index (κ1) is 22.7. The molecule has 29 heavy (non-hydrogen) atoms. The van der Waals surface area contributed by atoms with Crippen molar-refractivity contribution in [3.8, 4) is 0 Å². The van der Waals surface area contributed by atoms with Crippen LogP contribution in [0.25, 0.3) is 0 Å². The first-order chi connectivity index (χ1) is 13.6. The summed E-state index contributed by atoms with van der Waals surface area (Å²) in [5.41, 5.74) is 2.77. The Bertz CT molecular complexity index is 808. The Kier molecular flexibility index (Phi) is 8.96. The number of benzene rings is 2. The summed E-state index contributed by atoms with van der Waals surface area (Å²) in [6, 6.07) is 14.3. The van der Waals surface area contributed by atoms with Gasteiger partial charge in [-0.3, -0.25) is 4.79 Å². The summed E-state index contributed by atoms with van der Waals surface area (Å²) in [4.78, 5) is 24.7. The number of anilines is 2. The number of hydrogen-bond donors (Lipinski definition) is 4. The highest BCUT2D eigenvalue weighted by molar-refractivity contribution is 6.02. The van der Waals surface area contributed by atoms with E-state index in [4.69, 9.17) is 0 Å².